The number of nitrogens with two attached hydrogens (primary N) is 1. The number of thiophene rings is 1. The summed E-state index contributed by atoms with van der Waals surface area (Å²) in [7, 11) is 0. The van der Waals surface area contributed by atoms with E-state index in [0.717, 1.165) is 36.3 Å². The zero-order chi connectivity index (χ0) is 12.5. The van der Waals surface area contributed by atoms with E-state index in [-0.39, 0.29) is 18.0 Å². The Bertz CT molecular complexity index is 434. The molecule has 2 unspecified atom stereocenters. The van der Waals surface area contributed by atoms with Crippen LogP contribution in [0.4, 0.5) is 0 Å². The Morgan fingerprint density at radius 3 is 3.06 bits per heavy atom. The molecule has 0 saturated heterocycles. The van der Waals surface area contributed by atoms with Crippen LogP contribution < -0.4 is 11.1 Å². The highest BCUT2D eigenvalue weighted by Gasteiger charge is 2.26. The Balaban J connectivity index is 1.70. The zero-order valence-electron chi connectivity index (χ0n) is 10.3. The quantitative estimate of drug-likeness (QED) is 0.874. The van der Waals surface area contributed by atoms with Gasteiger partial charge >= 0.3 is 0 Å². The first kappa shape index (κ1) is 12.5. The van der Waals surface area contributed by atoms with E-state index in [1.165, 1.54) is 16.2 Å². The number of rotatable bonds is 2. The molecule has 3 N–H and O–H groups in total. The van der Waals surface area contributed by atoms with Crippen molar-refractivity contribution in [3.8, 4) is 0 Å². The molecule has 2 atom stereocenters. The Morgan fingerprint density at radius 1 is 1.44 bits per heavy atom. The fraction of sp³-hybridized carbons (Fsp3) is 0.615. The molecule has 1 amide bonds. The minimum absolute atomic E-state index is 0.0711. The van der Waals surface area contributed by atoms with Gasteiger partial charge in [-0.1, -0.05) is 0 Å². The second kappa shape index (κ2) is 5.23. The molecule has 1 saturated carbocycles. The highest BCUT2D eigenvalue weighted by atomic mass is 32.2. The molecular weight excluding hydrogens is 264 g/mol. The van der Waals surface area contributed by atoms with Crippen molar-refractivity contribution < 1.29 is 4.79 Å². The SMILES string of the molecule is NC1CCCC1NC(=O)c1cc2c(s1)CCSC2. The van der Waals surface area contributed by atoms with Crippen LogP contribution in [0.3, 0.4) is 0 Å². The number of carbonyl (C=O) groups excluding carboxylic acids is 1. The molecule has 0 bridgehead atoms. The van der Waals surface area contributed by atoms with E-state index in [9.17, 15) is 4.79 Å². The van der Waals surface area contributed by atoms with Gasteiger partial charge in [0, 0.05) is 22.7 Å². The molecule has 2 heterocycles. The van der Waals surface area contributed by atoms with E-state index in [1.807, 2.05) is 11.8 Å². The van der Waals surface area contributed by atoms with Crippen LogP contribution in [0.1, 0.15) is 39.4 Å². The van der Waals surface area contributed by atoms with Crippen LogP contribution in [0.5, 0.6) is 0 Å². The van der Waals surface area contributed by atoms with Gasteiger partial charge in [0.2, 0.25) is 0 Å². The standard InChI is InChI=1S/C13H18N2OS2/c14-9-2-1-3-10(9)15-13(16)12-6-8-7-17-5-4-11(8)18-12/h6,9-10H,1-5,7,14H2,(H,15,16). The van der Waals surface area contributed by atoms with Crippen molar-refractivity contribution in [2.45, 2.75) is 43.5 Å². The van der Waals surface area contributed by atoms with Gasteiger partial charge < -0.3 is 11.1 Å². The first-order valence-corrected chi connectivity index (χ1v) is 8.47. The maximum absolute atomic E-state index is 12.2. The van der Waals surface area contributed by atoms with Gasteiger partial charge in [0.05, 0.1) is 4.88 Å². The molecule has 1 fully saturated rings. The number of hydrogen-bond donors (Lipinski definition) is 2. The summed E-state index contributed by atoms with van der Waals surface area (Å²) < 4.78 is 0. The maximum atomic E-state index is 12.2. The molecule has 18 heavy (non-hydrogen) atoms. The zero-order valence-corrected chi connectivity index (χ0v) is 11.9. The van der Waals surface area contributed by atoms with Crippen LogP contribution in [-0.2, 0) is 12.2 Å². The fourth-order valence-corrected chi connectivity index (χ4v) is 4.94. The molecule has 3 rings (SSSR count). The molecule has 98 valence electrons. The molecule has 1 aliphatic heterocycles. The third-order valence-corrected chi connectivity index (χ3v) is 5.98. The summed E-state index contributed by atoms with van der Waals surface area (Å²) in [6.07, 6.45) is 4.29. The van der Waals surface area contributed by atoms with E-state index in [2.05, 4.69) is 11.4 Å². The molecule has 1 aliphatic carbocycles. The van der Waals surface area contributed by atoms with Gasteiger partial charge in [0.1, 0.15) is 0 Å². The van der Waals surface area contributed by atoms with Crippen molar-refractivity contribution >= 4 is 29.0 Å². The van der Waals surface area contributed by atoms with Crippen molar-refractivity contribution in [2.75, 3.05) is 5.75 Å². The lowest BCUT2D eigenvalue weighted by molar-refractivity contribution is 0.0938. The summed E-state index contributed by atoms with van der Waals surface area (Å²) >= 11 is 3.61. The van der Waals surface area contributed by atoms with Gasteiger partial charge in [0.15, 0.2) is 0 Å². The fourth-order valence-electron chi connectivity index (χ4n) is 2.67. The number of hydrogen-bond acceptors (Lipinski definition) is 4. The molecule has 1 aromatic rings. The second-order valence-electron chi connectivity index (χ2n) is 5.04. The lowest BCUT2D eigenvalue weighted by atomic mass is 10.2. The summed E-state index contributed by atoms with van der Waals surface area (Å²) in [6.45, 7) is 0. The molecule has 0 aromatic carbocycles. The lowest BCUT2D eigenvalue weighted by Gasteiger charge is -2.16. The number of thioether (sulfide) groups is 1. The van der Waals surface area contributed by atoms with Crippen LogP contribution in [-0.4, -0.2) is 23.7 Å². The largest absolute Gasteiger partial charge is 0.347 e. The van der Waals surface area contributed by atoms with Crippen molar-refractivity contribution in [2.24, 2.45) is 5.73 Å². The van der Waals surface area contributed by atoms with Crippen LogP contribution in [0, 0.1) is 0 Å². The summed E-state index contributed by atoms with van der Waals surface area (Å²) in [4.78, 5) is 14.5. The Hall–Kier alpha value is -0.520. The molecule has 3 nitrogen and oxygen atoms in total. The highest BCUT2D eigenvalue weighted by molar-refractivity contribution is 7.98. The van der Waals surface area contributed by atoms with Crippen LogP contribution in [0.2, 0.25) is 0 Å². The van der Waals surface area contributed by atoms with Gasteiger partial charge in [-0.25, -0.2) is 0 Å². The number of nitrogens with one attached hydrogen (secondary N) is 1. The predicted molar refractivity (Wildman–Crippen MR) is 77.3 cm³/mol. The van der Waals surface area contributed by atoms with Gasteiger partial charge in [0.25, 0.3) is 5.91 Å². The van der Waals surface area contributed by atoms with E-state index < -0.39 is 0 Å². The normalized spacial score (nSPS) is 26.9. The third kappa shape index (κ3) is 2.44. The van der Waals surface area contributed by atoms with Gasteiger partial charge in [-0.15, -0.1) is 11.3 Å². The minimum Gasteiger partial charge on any atom is -0.347 e. The van der Waals surface area contributed by atoms with Gasteiger partial charge in [-0.3, -0.25) is 4.79 Å². The Morgan fingerprint density at radius 2 is 2.33 bits per heavy atom. The lowest BCUT2D eigenvalue weighted by Crippen LogP contribution is -2.43. The summed E-state index contributed by atoms with van der Waals surface area (Å²) in [5.74, 6) is 2.31. The van der Waals surface area contributed by atoms with E-state index in [0.29, 0.717) is 0 Å². The van der Waals surface area contributed by atoms with Crippen LogP contribution in [0.25, 0.3) is 0 Å². The van der Waals surface area contributed by atoms with Crippen LogP contribution in [0.15, 0.2) is 6.07 Å². The number of fused-ring (bicyclic) bond motifs is 1. The molecule has 0 spiro atoms. The summed E-state index contributed by atoms with van der Waals surface area (Å²) in [5.41, 5.74) is 7.35. The summed E-state index contributed by atoms with van der Waals surface area (Å²) in [5, 5.41) is 3.09. The maximum Gasteiger partial charge on any atom is 0.261 e. The van der Waals surface area contributed by atoms with Crippen molar-refractivity contribution in [1.82, 2.24) is 5.32 Å². The second-order valence-corrected chi connectivity index (χ2v) is 7.28. The topological polar surface area (TPSA) is 55.1 Å². The highest BCUT2D eigenvalue weighted by Crippen LogP contribution is 2.31. The first-order valence-electron chi connectivity index (χ1n) is 6.50. The smallest absolute Gasteiger partial charge is 0.261 e. The molecule has 2 aliphatic rings. The average Bonchev–Trinajstić information content (AvgIpc) is 2.96. The van der Waals surface area contributed by atoms with E-state index in [1.54, 1.807) is 11.3 Å². The number of amides is 1. The predicted octanol–water partition coefficient (Wildman–Crippen LogP) is 2.15. The van der Waals surface area contributed by atoms with E-state index >= 15 is 0 Å². The number of carbonyl (C=O) groups is 1. The van der Waals surface area contributed by atoms with Gasteiger partial charge in [-0.2, -0.15) is 11.8 Å². The minimum atomic E-state index is 0.0711. The summed E-state index contributed by atoms with van der Waals surface area (Å²) in [6, 6.07) is 2.38. The van der Waals surface area contributed by atoms with Crippen molar-refractivity contribution in [3.63, 3.8) is 0 Å². The molecule has 1 aromatic heterocycles. The first-order chi connectivity index (χ1) is 8.74. The molecule has 5 heteroatoms. The monoisotopic (exact) mass is 282 g/mol. The molecule has 0 radical (unpaired) electrons. The van der Waals surface area contributed by atoms with Crippen molar-refractivity contribution in [3.05, 3.63) is 21.4 Å². The number of aryl methyl sites for hydroxylation is 1. The van der Waals surface area contributed by atoms with E-state index in [4.69, 9.17) is 5.73 Å². The third-order valence-electron chi connectivity index (χ3n) is 3.74. The van der Waals surface area contributed by atoms with Crippen LogP contribution >= 0.6 is 23.1 Å². The van der Waals surface area contributed by atoms with Crippen molar-refractivity contribution in [1.29, 1.82) is 0 Å². The van der Waals surface area contributed by atoms with Gasteiger partial charge in [-0.05, 0) is 43.1 Å². The Labute approximate surface area is 116 Å². The Kier molecular flexibility index (Phi) is 3.63. The average molecular weight is 282 g/mol. The molecular formula is C13H18N2OS2.